The van der Waals surface area contributed by atoms with Crippen molar-refractivity contribution in [2.24, 2.45) is 5.92 Å². The second-order valence-corrected chi connectivity index (χ2v) is 8.17. The van der Waals surface area contributed by atoms with E-state index in [2.05, 4.69) is 45.9 Å². The lowest BCUT2D eigenvalue weighted by atomic mass is 9.90. The molecule has 6 heteroatoms. The van der Waals surface area contributed by atoms with Crippen molar-refractivity contribution in [1.82, 2.24) is 15.5 Å². The largest absolute Gasteiger partial charge is 0.444 e. The van der Waals surface area contributed by atoms with E-state index in [1.165, 1.54) is 5.56 Å². The van der Waals surface area contributed by atoms with E-state index in [4.69, 9.17) is 17.0 Å². The molecule has 0 aliphatic carbocycles. The third kappa shape index (κ3) is 7.60. The zero-order valence-corrected chi connectivity index (χ0v) is 16.9. The number of hydrogen-bond acceptors (Lipinski definition) is 3. The van der Waals surface area contributed by atoms with Gasteiger partial charge in [0.15, 0.2) is 5.11 Å². The number of amides is 1. The summed E-state index contributed by atoms with van der Waals surface area (Å²) in [4.78, 5) is 13.8. The molecule has 0 saturated carbocycles. The van der Waals surface area contributed by atoms with E-state index in [1.54, 1.807) is 0 Å². The number of likely N-dealkylation sites (tertiary alicyclic amines) is 1. The van der Waals surface area contributed by atoms with Crippen molar-refractivity contribution in [3.8, 4) is 0 Å². The van der Waals surface area contributed by atoms with Crippen LogP contribution >= 0.6 is 12.2 Å². The molecule has 1 aliphatic rings. The summed E-state index contributed by atoms with van der Waals surface area (Å²) >= 11 is 5.48. The quantitative estimate of drug-likeness (QED) is 0.609. The molecule has 144 valence electrons. The van der Waals surface area contributed by atoms with Gasteiger partial charge in [-0.1, -0.05) is 30.3 Å². The Bertz CT molecular complexity index is 578. The first-order valence-corrected chi connectivity index (χ1v) is 9.78. The van der Waals surface area contributed by atoms with Crippen LogP contribution in [0.1, 0.15) is 39.2 Å². The number of benzene rings is 1. The number of piperidine rings is 1. The number of nitrogens with zero attached hydrogens (tertiary/aromatic N) is 1. The molecule has 1 amide bonds. The van der Waals surface area contributed by atoms with Gasteiger partial charge in [0.1, 0.15) is 5.60 Å². The zero-order chi connectivity index (χ0) is 19.0. The molecule has 1 aromatic rings. The van der Waals surface area contributed by atoms with E-state index in [-0.39, 0.29) is 0 Å². The molecule has 1 fully saturated rings. The monoisotopic (exact) mass is 377 g/mol. The molecule has 26 heavy (non-hydrogen) atoms. The Labute approximate surface area is 162 Å². The van der Waals surface area contributed by atoms with Gasteiger partial charge in [-0.25, -0.2) is 4.79 Å². The van der Waals surface area contributed by atoms with Gasteiger partial charge in [-0.05, 0) is 63.7 Å². The van der Waals surface area contributed by atoms with Crippen molar-refractivity contribution in [3.63, 3.8) is 0 Å². The second kappa shape index (κ2) is 9.76. The molecule has 0 spiro atoms. The van der Waals surface area contributed by atoms with Crippen molar-refractivity contribution in [1.29, 1.82) is 0 Å². The lowest BCUT2D eigenvalue weighted by Crippen LogP contribution is -2.46. The molecule has 2 N–H and O–H groups in total. The molecule has 0 unspecified atom stereocenters. The Morgan fingerprint density at radius 3 is 2.38 bits per heavy atom. The number of thiocarbonyl (C=S) groups is 1. The summed E-state index contributed by atoms with van der Waals surface area (Å²) in [7, 11) is 0. The highest BCUT2D eigenvalue weighted by molar-refractivity contribution is 7.80. The Morgan fingerprint density at radius 2 is 1.77 bits per heavy atom. The molecule has 5 nitrogen and oxygen atoms in total. The van der Waals surface area contributed by atoms with Crippen molar-refractivity contribution in [3.05, 3.63) is 35.9 Å². The predicted molar refractivity (Wildman–Crippen MR) is 109 cm³/mol. The van der Waals surface area contributed by atoms with Crippen LogP contribution in [0.3, 0.4) is 0 Å². The van der Waals surface area contributed by atoms with Crippen LogP contribution in [0.15, 0.2) is 30.3 Å². The van der Waals surface area contributed by atoms with Crippen LogP contribution in [0, 0.1) is 5.92 Å². The van der Waals surface area contributed by atoms with Crippen LogP contribution in [-0.4, -0.2) is 47.9 Å². The number of carbonyl (C=O) groups excluding carboxylic acids is 1. The Balaban J connectivity index is 1.60. The summed E-state index contributed by atoms with van der Waals surface area (Å²) in [6, 6.07) is 10.7. The molecular formula is C20H31N3O2S. The zero-order valence-electron chi connectivity index (χ0n) is 16.1. The van der Waals surface area contributed by atoms with E-state index in [9.17, 15) is 4.79 Å². The summed E-state index contributed by atoms with van der Waals surface area (Å²) < 4.78 is 5.20. The normalized spacial score (nSPS) is 15.4. The smallest absolute Gasteiger partial charge is 0.407 e. The minimum Gasteiger partial charge on any atom is -0.444 e. The van der Waals surface area contributed by atoms with Gasteiger partial charge in [0.2, 0.25) is 0 Å². The molecule has 0 radical (unpaired) electrons. The van der Waals surface area contributed by atoms with Gasteiger partial charge in [-0.2, -0.15) is 0 Å². The molecule has 1 aliphatic heterocycles. The van der Waals surface area contributed by atoms with Gasteiger partial charge >= 0.3 is 6.09 Å². The van der Waals surface area contributed by atoms with Gasteiger partial charge in [-0.3, -0.25) is 0 Å². The standard InChI is InChI=1S/C20H31N3O2S/c1-20(2,3)25-19(24)22-12-11-21-18(26)23-13-9-17(10-14-23)15-16-7-5-4-6-8-16/h4-8,17H,9-15H2,1-3H3,(H,21,26)(H,22,24). The van der Waals surface area contributed by atoms with Crippen molar-refractivity contribution in [2.45, 2.75) is 45.6 Å². The van der Waals surface area contributed by atoms with E-state index >= 15 is 0 Å². The first kappa shape index (κ1) is 20.5. The van der Waals surface area contributed by atoms with Crippen LogP contribution < -0.4 is 10.6 Å². The highest BCUT2D eigenvalue weighted by Gasteiger charge is 2.21. The van der Waals surface area contributed by atoms with Crippen molar-refractivity contribution >= 4 is 23.4 Å². The Hall–Kier alpha value is -1.82. The van der Waals surface area contributed by atoms with E-state index in [0.29, 0.717) is 13.1 Å². The maximum Gasteiger partial charge on any atom is 0.407 e. The van der Waals surface area contributed by atoms with Crippen LogP contribution in [0.25, 0.3) is 0 Å². The first-order chi connectivity index (χ1) is 12.3. The van der Waals surface area contributed by atoms with Gasteiger partial charge in [0.05, 0.1) is 0 Å². The fraction of sp³-hybridized carbons (Fsp3) is 0.600. The number of rotatable bonds is 5. The third-order valence-electron chi connectivity index (χ3n) is 4.34. The number of nitrogens with one attached hydrogen (secondary N) is 2. The van der Waals surface area contributed by atoms with Crippen molar-refractivity contribution in [2.75, 3.05) is 26.2 Å². The lowest BCUT2D eigenvalue weighted by molar-refractivity contribution is 0.0529. The van der Waals surface area contributed by atoms with E-state index < -0.39 is 11.7 Å². The van der Waals surface area contributed by atoms with Crippen molar-refractivity contribution < 1.29 is 9.53 Å². The summed E-state index contributed by atoms with van der Waals surface area (Å²) in [5, 5.41) is 6.72. The summed E-state index contributed by atoms with van der Waals surface area (Å²) in [6.07, 6.45) is 3.07. The van der Waals surface area contributed by atoms with E-state index in [0.717, 1.165) is 43.4 Å². The van der Waals surface area contributed by atoms with Gasteiger partial charge in [0.25, 0.3) is 0 Å². The molecule has 2 rings (SSSR count). The van der Waals surface area contributed by atoms with Crippen LogP contribution in [0.2, 0.25) is 0 Å². The average molecular weight is 378 g/mol. The molecule has 0 atom stereocenters. The van der Waals surface area contributed by atoms with Gasteiger partial charge in [0, 0.05) is 26.2 Å². The van der Waals surface area contributed by atoms with Crippen LogP contribution in [-0.2, 0) is 11.2 Å². The number of hydrogen-bond donors (Lipinski definition) is 2. The molecule has 0 bridgehead atoms. The maximum atomic E-state index is 11.6. The Kier molecular flexibility index (Phi) is 7.69. The summed E-state index contributed by atoms with van der Waals surface area (Å²) in [6.45, 7) is 8.61. The maximum absolute atomic E-state index is 11.6. The highest BCUT2D eigenvalue weighted by Crippen LogP contribution is 2.21. The first-order valence-electron chi connectivity index (χ1n) is 9.37. The third-order valence-corrected chi connectivity index (χ3v) is 4.74. The number of carbonyl (C=O) groups is 1. The van der Waals surface area contributed by atoms with Crippen LogP contribution in [0.4, 0.5) is 4.79 Å². The summed E-state index contributed by atoms with van der Waals surface area (Å²) in [5.74, 6) is 0.727. The fourth-order valence-corrected chi connectivity index (χ4v) is 3.33. The van der Waals surface area contributed by atoms with Gasteiger partial charge in [-0.15, -0.1) is 0 Å². The second-order valence-electron chi connectivity index (χ2n) is 7.78. The average Bonchev–Trinajstić information content (AvgIpc) is 2.58. The predicted octanol–water partition coefficient (Wildman–Crippen LogP) is 3.34. The molecular weight excluding hydrogens is 346 g/mol. The minimum atomic E-state index is -0.475. The molecule has 1 heterocycles. The fourth-order valence-electron chi connectivity index (χ4n) is 3.05. The SMILES string of the molecule is CC(C)(C)OC(=O)NCCNC(=S)N1CCC(Cc2ccccc2)CC1. The Morgan fingerprint density at radius 1 is 1.15 bits per heavy atom. The molecule has 1 saturated heterocycles. The van der Waals surface area contributed by atoms with Gasteiger partial charge < -0.3 is 20.3 Å². The minimum absolute atomic E-state index is 0.396. The molecule has 0 aromatic heterocycles. The van der Waals surface area contributed by atoms with Crippen LogP contribution in [0.5, 0.6) is 0 Å². The topological polar surface area (TPSA) is 53.6 Å². The lowest BCUT2D eigenvalue weighted by Gasteiger charge is -2.34. The van der Waals surface area contributed by atoms with E-state index in [1.807, 2.05) is 20.8 Å². The summed E-state index contributed by atoms with van der Waals surface area (Å²) in [5.41, 5.74) is 0.941. The number of alkyl carbamates (subject to hydrolysis) is 1. The number of ether oxygens (including phenoxy) is 1. The molecule has 1 aromatic carbocycles. The highest BCUT2D eigenvalue weighted by atomic mass is 32.1.